The first kappa shape index (κ1) is 14.4. The largest absolute Gasteiger partial charge is 0.496 e. The third-order valence-electron chi connectivity index (χ3n) is 4.41. The maximum atomic E-state index is 13.2. The molecule has 3 heteroatoms. The molecule has 0 aromatic heterocycles. The van der Waals surface area contributed by atoms with Crippen molar-refractivity contribution in [1.29, 1.82) is 0 Å². The van der Waals surface area contributed by atoms with Gasteiger partial charge in [0, 0.05) is 18.3 Å². The molecule has 0 saturated heterocycles. The third kappa shape index (κ3) is 1.78. The SMILES string of the molecule is C=CC[C@@]1(c2ccccc2OC)C(=O)N(C)c2ccccc21. The summed E-state index contributed by atoms with van der Waals surface area (Å²) in [5.74, 6) is 0.779. The van der Waals surface area contributed by atoms with Gasteiger partial charge in [-0.1, -0.05) is 42.5 Å². The minimum Gasteiger partial charge on any atom is -0.496 e. The van der Waals surface area contributed by atoms with E-state index in [4.69, 9.17) is 4.74 Å². The van der Waals surface area contributed by atoms with Crippen LogP contribution in [0.25, 0.3) is 0 Å². The van der Waals surface area contributed by atoms with Crippen molar-refractivity contribution < 1.29 is 9.53 Å². The third-order valence-corrected chi connectivity index (χ3v) is 4.41. The molecule has 0 radical (unpaired) electrons. The van der Waals surface area contributed by atoms with E-state index in [1.165, 1.54) is 0 Å². The van der Waals surface area contributed by atoms with Crippen molar-refractivity contribution in [2.24, 2.45) is 0 Å². The van der Waals surface area contributed by atoms with Gasteiger partial charge in [-0.25, -0.2) is 0 Å². The van der Waals surface area contributed by atoms with Gasteiger partial charge in [0.15, 0.2) is 0 Å². The van der Waals surface area contributed by atoms with Crippen molar-refractivity contribution in [3.63, 3.8) is 0 Å². The first-order valence-electron chi connectivity index (χ1n) is 7.29. The highest BCUT2D eigenvalue weighted by molar-refractivity contribution is 6.10. The van der Waals surface area contributed by atoms with E-state index < -0.39 is 5.41 Å². The number of anilines is 1. The Bertz CT molecular complexity index is 738. The predicted octanol–water partition coefficient (Wildman–Crippen LogP) is 3.53. The fraction of sp³-hybridized carbons (Fsp3) is 0.211. The number of rotatable bonds is 4. The number of methoxy groups -OCH3 is 1. The Morgan fingerprint density at radius 2 is 1.77 bits per heavy atom. The molecular formula is C19H19NO2. The Balaban J connectivity index is 2.35. The molecule has 0 bridgehead atoms. The molecular weight excluding hydrogens is 274 g/mol. The normalized spacial score (nSPS) is 19.9. The Labute approximate surface area is 130 Å². The van der Waals surface area contributed by atoms with Crippen LogP contribution in [0.1, 0.15) is 17.5 Å². The lowest BCUT2D eigenvalue weighted by molar-refractivity contribution is -0.121. The molecule has 0 aliphatic carbocycles. The van der Waals surface area contributed by atoms with Gasteiger partial charge in [0.25, 0.3) is 0 Å². The summed E-state index contributed by atoms with van der Waals surface area (Å²) < 4.78 is 5.52. The zero-order chi connectivity index (χ0) is 15.7. The summed E-state index contributed by atoms with van der Waals surface area (Å²) >= 11 is 0. The van der Waals surface area contributed by atoms with Gasteiger partial charge in [0.2, 0.25) is 5.91 Å². The lowest BCUT2D eigenvalue weighted by Crippen LogP contribution is -2.39. The molecule has 0 fully saturated rings. The summed E-state index contributed by atoms with van der Waals surface area (Å²) in [5.41, 5.74) is 2.08. The molecule has 0 N–H and O–H groups in total. The standard InChI is InChI=1S/C19H19NO2/c1-4-13-19(15-10-6-8-12-17(15)22-3)14-9-5-7-11-16(14)20(2)18(19)21/h4-12H,1,13H2,2-3H3/t19-/m1/s1. The molecule has 2 aromatic carbocycles. The van der Waals surface area contributed by atoms with Crippen LogP contribution in [0.3, 0.4) is 0 Å². The molecule has 1 amide bonds. The summed E-state index contributed by atoms with van der Waals surface area (Å²) in [6, 6.07) is 15.6. The maximum Gasteiger partial charge on any atom is 0.242 e. The molecule has 3 rings (SSSR count). The van der Waals surface area contributed by atoms with Crippen LogP contribution in [-0.2, 0) is 10.2 Å². The van der Waals surface area contributed by atoms with E-state index in [0.717, 1.165) is 22.6 Å². The number of likely N-dealkylation sites (N-methyl/N-ethyl adjacent to an activating group) is 1. The van der Waals surface area contributed by atoms with Gasteiger partial charge in [0.1, 0.15) is 11.2 Å². The van der Waals surface area contributed by atoms with Gasteiger partial charge >= 0.3 is 0 Å². The van der Waals surface area contributed by atoms with E-state index in [1.54, 1.807) is 18.1 Å². The van der Waals surface area contributed by atoms with Gasteiger partial charge < -0.3 is 9.64 Å². The van der Waals surface area contributed by atoms with E-state index in [9.17, 15) is 4.79 Å². The predicted molar refractivity (Wildman–Crippen MR) is 88.4 cm³/mol. The zero-order valence-corrected chi connectivity index (χ0v) is 12.9. The van der Waals surface area contributed by atoms with Gasteiger partial charge in [-0.05, 0) is 24.1 Å². The molecule has 0 spiro atoms. The van der Waals surface area contributed by atoms with E-state index in [0.29, 0.717) is 6.42 Å². The number of amides is 1. The minimum absolute atomic E-state index is 0.0538. The van der Waals surface area contributed by atoms with E-state index >= 15 is 0 Å². The van der Waals surface area contributed by atoms with Crippen LogP contribution in [0, 0.1) is 0 Å². The molecule has 2 aromatic rings. The number of para-hydroxylation sites is 2. The lowest BCUT2D eigenvalue weighted by atomic mass is 9.72. The number of carbonyl (C=O) groups is 1. The summed E-state index contributed by atoms with van der Waals surface area (Å²) in [5, 5.41) is 0. The summed E-state index contributed by atoms with van der Waals surface area (Å²) in [4.78, 5) is 14.9. The van der Waals surface area contributed by atoms with Crippen molar-refractivity contribution in [1.82, 2.24) is 0 Å². The highest BCUT2D eigenvalue weighted by atomic mass is 16.5. The number of nitrogens with zero attached hydrogens (tertiary/aromatic N) is 1. The molecule has 0 unspecified atom stereocenters. The fourth-order valence-corrected chi connectivity index (χ4v) is 3.42. The second-order valence-electron chi connectivity index (χ2n) is 5.48. The number of fused-ring (bicyclic) bond motifs is 1. The first-order valence-corrected chi connectivity index (χ1v) is 7.29. The molecule has 1 aliphatic heterocycles. The maximum absolute atomic E-state index is 13.2. The van der Waals surface area contributed by atoms with Crippen LogP contribution in [0.4, 0.5) is 5.69 Å². The highest BCUT2D eigenvalue weighted by Gasteiger charge is 2.51. The Morgan fingerprint density at radius 3 is 2.45 bits per heavy atom. The molecule has 1 aliphatic rings. The Hall–Kier alpha value is -2.55. The molecule has 112 valence electrons. The number of hydrogen-bond donors (Lipinski definition) is 0. The molecule has 0 saturated carbocycles. The average molecular weight is 293 g/mol. The monoisotopic (exact) mass is 293 g/mol. The van der Waals surface area contributed by atoms with Crippen LogP contribution < -0.4 is 9.64 Å². The topological polar surface area (TPSA) is 29.5 Å². The van der Waals surface area contributed by atoms with Gasteiger partial charge in [-0.15, -0.1) is 6.58 Å². The molecule has 1 heterocycles. The van der Waals surface area contributed by atoms with E-state index in [-0.39, 0.29) is 5.91 Å². The number of ether oxygens (including phenoxy) is 1. The van der Waals surface area contributed by atoms with Crippen LogP contribution in [0.2, 0.25) is 0 Å². The van der Waals surface area contributed by atoms with Crippen molar-refractivity contribution >= 4 is 11.6 Å². The van der Waals surface area contributed by atoms with Gasteiger partial charge in [-0.3, -0.25) is 4.79 Å². The first-order chi connectivity index (χ1) is 10.7. The van der Waals surface area contributed by atoms with E-state index in [2.05, 4.69) is 6.58 Å². The smallest absolute Gasteiger partial charge is 0.242 e. The molecule has 22 heavy (non-hydrogen) atoms. The van der Waals surface area contributed by atoms with Crippen LogP contribution in [-0.4, -0.2) is 20.1 Å². The summed E-state index contributed by atoms with van der Waals surface area (Å²) in [6.45, 7) is 3.87. The Kier molecular flexibility index (Phi) is 3.49. The van der Waals surface area contributed by atoms with Gasteiger partial charge in [0.05, 0.1) is 7.11 Å². The second-order valence-corrected chi connectivity index (χ2v) is 5.48. The minimum atomic E-state index is -0.764. The molecule has 3 nitrogen and oxygen atoms in total. The molecule has 1 atom stereocenters. The van der Waals surface area contributed by atoms with Crippen LogP contribution in [0.15, 0.2) is 61.2 Å². The lowest BCUT2D eigenvalue weighted by Gasteiger charge is -2.29. The fourth-order valence-electron chi connectivity index (χ4n) is 3.42. The summed E-state index contributed by atoms with van der Waals surface area (Å²) in [6.07, 6.45) is 2.34. The van der Waals surface area contributed by atoms with Crippen molar-refractivity contribution in [3.05, 3.63) is 72.3 Å². The summed E-state index contributed by atoms with van der Waals surface area (Å²) in [7, 11) is 3.46. The second kappa shape index (κ2) is 5.34. The average Bonchev–Trinajstić information content (AvgIpc) is 2.78. The number of allylic oxidation sites excluding steroid dienone is 1. The van der Waals surface area contributed by atoms with Crippen molar-refractivity contribution in [2.75, 3.05) is 19.1 Å². The highest BCUT2D eigenvalue weighted by Crippen LogP contribution is 2.50. The van der Waals surface area contributed by atoms with E-state index in [1.807, 2.05) is 55.6 Å². The van der Waals surface area contributed by atoms with Crippen molar-refractivity contribution in [2.45, 2.75) is 11.8 Å². The van der Waals surface area contributed by atoms with Gasteiger partial charge in [-0.2, -0.15) is 0 Å². The van der Waals surface area contributed by atoms with Crippen LogP contribution >= 0.6 is 0 Å². The quantitative estimate of drug-likeness (QED) is 0.807. The van der Waals surface area contributed by atoms with Crippen molar-refractivity contribution in [3.8, 4) is 5.75 Å². The number of benzene rings is 2. The number of hydrogen-bond acceptors (Lipinski definition) is 2. The number of carbonyl (C=O) groups excluding carboxylic acids is 1. The van der Waals surface area contributed by atoms with Crippen LogP contribution in [0.5, 0.6) is 5.75 Å². The Morgan fingerprint density at radius 1 is 1.14 bits per heavy atom. The zero-order valence-electron chi connectivity index (χ0n) is 12.9.